The van der Waals surface area contributed by atoms with E-state index >= 15 is 0 Å². The molecule has 19 heavy (non-hydrogen) atoms. The zero-order chi connectivity index (χ0) is 14.0. The molecule has 0 bridgehead atoms. The Hall–Kier alpha value is -0.540. The second-order valence-electron chi connectivity index (χ2n) is 4.56. The highest BCUT2D eigenvalue weighted by molar-refractivity contribution is 7.15. The van der Waals surface area contributed by atoms with Crippen LogP contribution in [0, 0.1) is 6.92 Å². The van der Waals surface area contributed by atoms with E-state index in [0.29, 0.717) is 6.04 Å². The lowest BCUT2D eigenvalue weighted by Gasteiger charge is -2.09. The van der Waals surface area contributed by atoms with Gasteiger partial charge < -0.3 is 5.32 Å². The van der Waals surface area contributed by atoms with Gasteiger partial charge in [-0.3, -0.25) is 0 Å². The van der Waals surface area contributed by atoms with Crippen LogP contribution in [0.3, 0.4) is 0 Å². The zero-order valence-corrected chi connectivity index (χ0v) is 13.6. The fraction of sp³-hybridized carbons (Fsp3) is 0.333. The molecule has 1 aromatic heterocycles. The molecule has 1 N–H and O–H groups in total. The largest absolute Gasteiger partial charge is 0.310 e. The molecule has 0 saturated carbocycles. The van der Waals surface area contributed by atoms with Crippen LogP contribution in [-0.4, -0.2) is 6.54 Å². The third-order valence-corrected chi connectivity index (χ3v) is 5.10. The van der Waals surface area contributed by atoms with E-state index in [-0.39, 0.29) is 0 Å². The van der Waals surface area contributed by atoms with Crippen LogP contribution >= 0.6 is 34.5 Å². The summed E-state index contributed by atoms with van der Waals surface area (Å²) < 4.78 is 0. The third-order valence-electron chi connectivity index (χ3n) is 3.08. The molecular formula is C15H17Cl2NS. The lowest BCUT2D eigenvalue weighted by Crippen LogP contribution is -2.16. The first-order valence-electron chi connectivity index (χ1n) is 6.32. The first-order valence-corrected chi connectivity index (χ1v) is 7.89. The van der Waals surface area contributed by atoms with Gasteiger partial charge in [0.25, 0.3) is 0 Å². The fourth-order valence-electron chi connectivity index (χ4n) is 1.97. The summed E-state index contributed by atoms with van der Waals surface area (Å²) in [5.41, 5.74) is 2.02. The van der Waals surface area contributed by atoms with Crippen molar-refractivity contribution in [3.05, 3.63) is 44.8 Å². The molecule has 1 nitrogen and oxygen atoms in total. The summed E-state index contributed by atoms with van der Waals surface area (Å²) in [4.78, 5) is 2.47. The van der Waals surface area contributed by atoms with Crippen LogP contribution in [0.15, 0.2) is 24.3 Å². The van der Waals surface area contributed by atoms with Crippen molar-refractivity contribution in [1.82, 2.24) is 5.32 Å². The summed E-state index contributed by atoms with van der Waals surface area (Å²) in [5.74, 6) is 0. The van der Waals surface area contributed by atoms with E-state index in [0.717, 1.165) is 32.6 Å². The molecule has 2 rings (SSSR count). The van der Waals surface area contributed by atoms with Crippen molar-refractivity contribution in [3.8, 4) is 10.4 Å². The number of rotatable bonds is 4. The topological polar surface area (TPSA) is 12.0 Å². The normalized spacial score (nSPS) is 12.7. The molecule has 1 heterocycles. The lowest BCUT2D eigenvalue weighted by atomic mass is 10.1. The Morgan fingerprint density at radius 1 is 1.21 bits per heavy atom. The van der Waals surface area contributed by atoms with E-state index in [9.17, 15) is 0 Å². The van der Waals surface area contributed by atoms with E-state index in [4.69, 9.17) is 23.2 Å². The molecule has 0 saturated heterocycles. The number of thiophene rings is 1. The Bertz CT molecular complexity index is 578. The lowest BCUT2D eigenvalue weighted by molar-refractivity contribution is 0.607. The summed E-state index contributed by atoms with van der Waals surface area (Å²) in [6, 6.07) is 8.50. The number of aryl methyl sites for hydroxylation is 1. The smallest absolute Gasteiger partial charge is 0.0496 e. The summed E-state index contributed by atoms with van der Waals surface area (Å²) in [6.45, 7) is 7.21. The molecule has 0 radical (unpaired) electrons. The van der Waals surface area contributed by atoms with Gasteiger partial charge in [0.05, 0.1) is 0 Å². The van der Waals surface area contributed by atoms with Crippen LogP contribution in [0.25, 0.3) is 10.4 Å². The fourth-order valence-corrected chi connectivity index (χ4v) is 3.58. The van der Waals surface area contributed by atoms with E-state index in [2.05, 4.69) is 31.3 Å². The van der Waals surface area contributed by atoms with Gasteiger partial charge in [-0.25, -0.2) is 0 Å². The third kappa shape index (κ3) is 3.32. The number of benzene rings is 1. The highest BCUT2D eigenvalue weighted by Crippen LogP contribution is 2.37. The maximum Gasteiger partial charge on any atom is 0.0496 e. The summed E-state index contributed by atoms with van der Waals surface area (Å²) in [5, 5.41) is 4.93. The van der Waals surface area contributed by atoms with Crippen LogP contribution in [0.4, 0.5) is 0 Å². The van der Waals surface area contributed by atoms with Crippen LogP contribution < -0.4 is 5.32 Å². The predicted octanol–water partition coefficient (Wildman–Crippen LogP) is 5.70. The molecule has 1 aromatic carbocycles. The summed E-state index contributed by atoms with van der Waals surface area (Å²) in [6.07, 6.45) is 0. The maximum absolute atomic E-state index is 6.32. The summed E-state index contributed by atoms with van der Waals surface area (Å²) in [7, 11) is 0. The molecule has 4 heteroatoms. The van der Waals surface area contributed by atoms with Crippen molar-refractivity contribution in [2.45, 2.75) is 26.8 Å². The van der Waals surface area contributed by atoms with Crippen molar-refractivity contribution < 1.29 is 0 Å². The van der Waals surface area contributed by atoms with Gasteiger partial charge in [-0.15, -0.1) is 11.3 Å². The number of nitrogens with one attached hydrogen (secondary N) is 1. The SMILES string of the molecule is CCNC(C)c1ccc(-c2cc(Cl)c(C)cc2Cl)s1. The molecule has 1 unspecified atom stereocenters. The van der Waals surface area contributed by atoms with Gasteiger partial charge in [-0.2, -0.15) is 0 Å². The van der Waals surface area contributed by atoms with Crippen LogP contribution in [0.5, 0.6) is 0 Å². The molecule has 0 aliphatic rings. The Morgan fingerprint density at radius 3 is 2.63 bits per heavy atom. The predicted molar refractivity (Wildman–Crippen MR) is 86.6 cm³/mol. The first-order chi connectivity index (χ1) is 9.02. The Balaban J connectivity index is 2.35. The van der Waals surface area contributed by atoms with Crippen molar-refractivity contribution >= 4 is 34.5 Å². The molecule has 102 valence electrons. The van der Waals surface area contributed by atoms with E-state index in [1.165, 1.54) is 4.88 Å². The molecule has 0 amide bonds. The Morgan fingerprint density at radius 2 is 1.95 bits per heavy atom. The molecule has 2 aromatic rings. The molecular weight excluding hydrogens is 297 g/mol. The van der Waals surface area contributed by atoms with Gasteiger partial charge >= 0.3 is 0 Å². The average Bonchev–Trinajstić information content (AvgIpc) is 2.83. The van der Waals surface area contributed by atoms with Gasteiger partial charge in [-0.05, 0) is 50.2 Å². The maximum atomic E-state index is 6.32. The number of hydrogen-bond acceptors (Lipinski definition) is 2. The van der Waals surface area contributed by atoms with Crippen LogP contribution in [-0.2, 0) is 0 Å². The Kier molecular flexibility index (Phi) is 4.91. The highest BCUT2D eigenvalue weighted by Gasteiger charge is 2.12. The number of halogens is 2. The van der Waals surface area contributed by atoms with E-state index in [1.807, 2.05) is 19.1 Å². The second kappa shape index (κ2) is 6.27. The molecule has 0 fully saturated rings. The van der Waals surface area contributed by atoms with Crippen molar-refractivity contribution in [3.63, 3.8) is 0 Å². The minimum absolute atomic E-state index is 0.364. The van der Waals surface area contributed by atoms with Gasteiger partial charge in [0.2, 0.25) is 0 Å². The quantitative estimate of drug-likeness (QED) is 0.763. The molecule has 1 atom stereocenters. The second-order valence-corrected chi connectivity index (χ2v) is 6.49. The average molecular weight is 314 g/mol. The molecule has 0 aliphatic heterocycles. The molecule has 0 spiro atoms. The van der Waals surface area contributed by atoms with Gasteiger partial charge in [0.15, 0.2) is 0 Å². The highest BCUT2D eigenvalue weighted by atomic mass is 35.5. The summed E-state index contributed by atoms with van der Waals surface area (Å²) >= 11 is 14.3. The first kappa shape index (κ1) is 14.9. The monoisotopic (exact) mass is 313 g/mol. The minimum atomic E-state index is 0.364. The van der Waals surface area contributed by atoms with Gasteiger partial charge in [0.1, 0.15) is 0 Å². The zero-order valence-electron chi connectivity index (χ0n) is 11.3. The number of hydrogen-bond donors (Lipinski definition) is 1. The van der Waals surface area contributed by atoms with Crippen molar-refractivity contribution in [2.24, 2.45) is 0 Å². The van der Waals surface area contributed by atoms with Crippen LogP contribution in [0.2, 0.25) is 10.0 Å². The van der Waals surface area contributed by atoms with E-state index < -0.39 is 0 Å². The van der Waals surface area contributed by atoms with Crippen LogP contribution in [0.1, 0.15) is 30.3 Å². The standard InChI is InChI=1S/C15H17Cl2NS/c1-4-18-10(3)14-5-6-15(19-14)11-8-12(16)9(2)7-13(11)17/h5-8,10,18H,4H2,1-3H3. The van der Waals surface area contributed by atoms with Crippen molar-refractivity contribution in [1.29, 1.82) is 0 Å². The van der Waals surface area contributed by atoms with Crippen molar-refractivity contribution in [2.75, 3.05) is 6.54 Å². The van der Waals surface area contributed by atoms with E-state index in [1.54, 1.807) is 11.3 Å². The van der Waals surface area contributed by atoms with Gasteiger partial charge in [0, 0.05) is 31.4 Å². The van der Waals surface area contributed by atoms with Gasteiger partial charge in [-0.1, -0.05) is 30.1 Å². The Labute approximate surface area is 128 Å². The minimum Gasteiger partial charge on any atom is -0.310 e. The molecule has 0 aliphatic carbocycles.